The quantitative estimate of drug-likeness (QED) is 0.671. The van der Waals surface area contributed by atoms with Crippen molar-refractivity contribution in [1.82, 2.24) is 5.32 Å². The molecule has 1 aliphatic carbocycles. The first-order valence-electron chi connectivity index (χ1n) is 6.48. The minimum Gasteiger partial charge on any atom is -0.490 e. The van der Waals surface area contributed by atoms with E-state index in [1.54, 1.807) is 0 Å². The van der Waals surface area contributed by atoms with Gasteiger partial charge in [0, 0.05) is 6.07 Å². The topological polar surface area (TPSA) is 64.4 Å². The number of nitrogens with zero attached hydrogens (tertiary/aromatic N) is 1. The number of ether oxygens (including phenoxy) is 1. The largest absolute Gasteiger partial charge is 0.490 e. The van der Waals surface area contributed by atoms with Crippen LogP contribution in [0.3, 0.4) is 0 Å². The van der Waals surface area contributed by atoms with E-state index in [9.17, 15) is 23.3 Å². The van der Waals surface area contributed by atoms with Crippen molar-refractivity contribution in [3.8, 4) is 5.75 Å². The van der Waals surface area contributed by atoms with Crippen LogP contribution < -0.4 is 10.1 Å². The van der Waals surface area contributed by atoms with Crippen LogP contribution in [-0.2, 0) is 6.18 Å². The molecule has 1 aliphatic rings. The van der Waals surface area contributed by atoms with Crippen molar-refractivity contribution in [2.24, 2.45) is 5.92 Å². The number of nitrogens with one attached hydrogen (secondary N) is 1. The summed E-state index contributed by atoms with van der Waals surface area (Å²) >= 11 is 0. The van der Waals surface area contributed by atoms with Gasteiger partial charge in [0.15, 0.2) is 0 Å². The number of hydrogen-bond donors (Lipinski definition) is 1. The van der Waals surface area contributed by atoms with Crippen molar-refractivity contribution >= 4 is 5.69 Å². The van der Waals surface area contributed by atoms with Gasteiger partial charge in [-0.25, -0.2) is 0 Å². The Morgan fingerprint density at radius 2 is 2.10 bits per heavy atom. The van der Waals surface area contributed by atoms with E-state index in [0.717, 1.165) is 25.5 Å². The summed E-state index contributed by atoms with van der Waals surface area (Å²) in [4.78, 5) is 9.60. The fourth-order valence-corrected chi connectivity index (χ4v) is 2.39. The third-order valence-electron chi connectivity index (χ3n) is 3.46. The van der Waals surface area contributed by atoms with E-state index in [2.05, 4.69) is 5.32 Å². The SMILES string of the molecule is CNCC1CC(Oc2ccc([N+](=O)[O-])c(C(F)(F)F)c2)C1. The normalized spacial score (nSPS) is 21.7. The van der Waals surface area contributed by atoms with Crippen LogP contribution in [-0.4, -0.2) is 24.6 Å². The van der Waals surface area contributed by atoms with Crippen LogP contribution >= 0.6 is 0 Å². The first-order chi connectivity index (χ1) is 9.81. The number of halogens is 3. The van der Waals surface area contributed by atoms with Gasteiger partial charge in [-0.15, -0.1) is 0 Å². The lowest BCUT2D eigenvalue weighted by molar-refractivity contribution is -0.388. The molecule has 0 heterocycles. The Balaban J connectivity index is 2.10. The molecule has 21 heavy (non-hydrogen) atoms. The van der Waals surface area contributed by atoms with Gasteiger partial charge in [-0.1, -0.05) is 0 Å². The lowest BCUT2D eigenvalue weighted by Gasteiger charge is -2.35. The molecule has 0 unspecified atom stereocenters. The molecule has 1 N–H and O–H groups in total. The van der Waals surface area contributed by atoms with Crippen LogP contribution in [0.25, 0.3) is 0 Å². The van der Waals surface area contributed by atoms with Crippen molar-refractivity contribution in [1.29, 1.82) is 0 Å². The van der Waals surface area contributed by atoms with E-state index in [0.29, 0.717) is 12.0 Å². The predicted octanol–water partition coefficient (Wildman–Crippen LogP) is 2.99. The van der Waals surface area contributed by atoms with E-state index in [-0.39, 0.29) is 11.9 Å². The molecular weight excluding hydrogens is 289 g/mol. The van der Waals surface area contributed by atoms with E-state index >= 15 is 0 Å². The third-order valence-corrected chi connectivity index (χ3v) is 3.46. The van der Waals surface area contributed by atoms with Crippen LogP contribution in [0.1, 0.15) is 18.4 Å². The van der Waals surface area contributed by atoms with Gasteiger partial charge in [-0.05, 0) is 44.5 Å². The average Bonchev–Trinajstić information content (AvgIpc) is 2.35. The number of nitro groups is 1. The molecule has 5 nitrogen and oxygen atoms in total. The minimum absolute atomic E-state index is 0.0147. The van der Waals surface area contributed by atoms with Crippen molar-refractivity contribution in [3.63, 3.8) is 0 Å². The van der Waals surface area contributed by atoms with Gasteiger partial charge in [0.1, 0.15) is 11.3 Å². The molecule has 2 rings (SSSR count). The number of rotatable bonds is 5. The van der Waals surface area contributed by atoms with Crippen LogP contribution in [0.15, 0.2) is 18.2 Å². The molecule has 116 valence electrons. The highest BCUT2D eigenvalue weighted by molar-refractivity contribution is 5.47. The summed E-state index contributed by atoms with van der Waals surface area (Å²) in [5.41, 5.74) is -2.24. The third kappa shape index (κ3) is 3.63. The number of nitro benzene ring substituents is 1. The molecule has 1 aromatic rings. The molecule has 0 aromatic heterocycles. The smallest absolute Gasteiger partial charge is 0.423 e. The fraction of sp³-hybridized carbons (Fsp3) is 0.538. The summed E-state index contributed by atoms with van der Waals surface area (Å²) in [6, 6.07) is 2.74. The maximum atomic E-state index is 12.8. The monoisotopic (exact) mass is 304 g/mol. The van der Waals surface area contributed by atoms with Crippen molar-refractivity contribution in [2.75, 3.05) is 13.6 Å². The molecule has 1 aromatic carbocycles. The van der Waals surface area contributed by atoms with Crippen molar-refractivity contribution < 1.29 is 22.8 Å². The van der Waals surface area contributed by atoms with Gasteiger partial charge in [0.05, 0.1) is 11.0 Å². The Morgan fingerprint density at radius 3 is 2.62 bits per heavy atom. The Hall–Kier alpha value is -1.83. The molecule has 0 radical (unpaired) electrons. The van der Waals surface area contributed by atoms with Gasteiger partial charge in [0.2, 0.25) is 0 Å². The minimum atomic E-state index is -4.78. The zero-order chi connectivity index (χ0) is 15.6. The van der Waals surface area contributed by atoms with Gasteiger partial charge in [-0.2, -0.15) is 13.2 Å². The number of benzene rings is 1. The number of alkyl halides is 3. The standard InChI is InChI=1S/C13H15F3N2O3/c1-17-7-8-4-10(5-8)21-9-2-3-12(18(19)20)11(6-9)13(14,15)16/h2-3,6,8,10,17H,4-5,7H2,1H3. The zero-order valence-electron chi connectivity index (χ0n) is 11.3. The van der Waals surface area contributed by atoms with Crippen LogP contribution in [0.5, 0.6) is 5.75 Å². The highest BCUT2D eigenvalue weighted by Gasteiger charge is 2.39. The van der Waals surface area contributed by atoms with E-state index in [1.165, 1.54) is 6.07 Å². The summed E-state index contributed by atoms with van der Waals surface area (Å²) < 4.78 is 43.9. The molecule has 0 bridgehead atoms. The van der Waals surface area contributed by atoms with E-state index in [4.69, 9.17) is 4.74 Å². The first-order valence-corrected chi connectivity index (χ1v) is 6.48. The Morgan fingerprint density at radius 1 is 1.43 bits per heavy atom. The second-order valence-electron chi connectivity index (χ2n) is 5.07. The van der Waals surface area contributed by atoms with E-state index < -0.39 is 22.4 Å². The molecule has 1 fully saturated rings. The second-order valence-corrected chi connectivity index (χ2v) is 5.07. The maximum Gasteiger partial charge on any atom is 0.423 e. The van der Waals surface area contributed by atoms with E-state index in [1.807, 2.05) is 7.05 Å². The molecule has 1 saturated carbocycles. The molecule has 0 aliphatic heterocycles. The lowest BCUT2D eigenvalue weighted by atomic mass is 9.82. The van der Waals surface area contributed by atoms with Crippen molar-refractivity contribution in [2.45, 2.75) is 25.1 Å². The summed E-state index contributed by atoms with van der Waals surface area (Å²) in [5, 5.41) is 13.7. The zero-order valence-corrected chi connectivity index (χ0v) is 11.3. The maximum absolute atomic E-state index is 12.8. The highest BCUT2D eigenvalue weighted by atomic mass is 19.4. The Labute approximate surface area is 119 Å². The molecule has 0 amide bonds. The Bertz CT molecular complexity index is 528. The van der Waals surface area contributed by atoms with Crippen LogP contribution in [0.2, 0.25) is 0 Å². The van der Waals surface area contributed by atoms with Gasteiger partial charge >= 0.3 is 6.18 Å². The average molecular weight is 304 g/mol. The summed E-state index contributed by atoms with van der Waals surface area (Å²) in [6.07, 6.45) is -3.39. The fourth-order valence-electron chi connectivity index (χ4n) is 2.39. The summed E-state index contributed by atoms with van der Waals surface area (Å²) in [6.45, 7) is 0.841. The summed E-state index contributed by atoms with van der Waals surface area (Å²) in [7, 11) is 1.83. The van der Waals surface area contributed by atoms with Gasteiger partial charge in [0.25, 0.3) is 5.69 Å². The van der Waals surface area contributed by atoms with Gasteiger partial charge < -0.3 is 10.1 Å². The van der Waals surface area contributed by atoms with Gasteiger partial charge in [-0.3, -0.25) is 10.1 Å². The van der Waals surface area contributed by atoms with Crippen LogP contribution in [0.4, 0.5) is 18.9 Å². The first kappa shape index (κ1) is 15.6. The molecule has 0 spiro atoms. The summed E-state index contributed by atoms with van der Waals surface area (Å²) in [5.74, 6) is 0.473. The Kier molecular flexibility index (Phi) is 4.36. The number of hydrogen-bond acceptors (Lipinski definition) is 4. The highest BCUT2D eigenvalue weighted by Crippen LogP contribution is 2.39. The lowest BCUT2D eigenvalue weighted by Crippen LogP contribution is -2.38. The molecule has 0 saturated heterocycles. The predicted molar refractivity (Wildman–Crippen MR) is 69.2 cm³/mol. The van der Waals surface area contributed by atoms with Crippen LogP contribution in [0, 0.1) is 16.0 Å². The van der Waals surface area contributed by atoms with Crippen molar-refractivity contribution in [3.05, 3.63) is 33.9 Å². The molecule has 0 atom stereocenters. The molecule has 8 heteroatoms. The molecular formula is C13H15F3N2O3. The second kappa shape index (κ2) is 5.88.